The van der Waals surface area contributed by atoms with Crippen molar-refractivity contribution in [2.24, 2.45) is 0 Å². The molecule has 0 amide bonds. The molecule has 16 heavy (non-hydrogen) atoms. The molecule has 1 heterocycles. The SMILES string of the molecule is CCCCN1Cc2ccccc2C(CC)C1. The highest BCUT2D eigenvalue weighted by atomic mass is 15.1. The molecular formula is C15H23N. The van der Waals surface area contributed by atoms with Gasteiger partial charge in [-0.25, -0.2) is 0 Å². The fourth-order valence-corrected chi connectivity index (χ4v) is 2.69. The van der Waals surface area contributed by atoms with Gasteiger partial charge in [-0.05, 0) is 36.4 Å². The van der Waals surface area contributed by atoms with Gasteiger partial charge >= 0.3 is 0 Å². The maximum atomic E-state index is 2.62. The van der Waals surface area contributed by atoms with Gasteiger partial charge in [0.1, 0.15) is 0 Å². The molecule has 1 nitrogen and oxygen atoms in total. The van der Waals surface area contributed by atoms with E-state index in [0.29, 0.717) is 0 Å². The van der Waals surface area contributed by atoms with Gasteiger partial charge < -0.3 is 0 Å². The summed E-state index contributed by atoms with van der Waals surface area (Å²) in [6.45, 7) is 8.27. The van der Waals surface area contributed by atoms with Gasteiger partial charge in [0.05, 0.1) is 0 Å². The monoisotopic (exact) mass is 217 g/mol. The maximum absolute atomic E-state index is 2.62. The largest absolute Gasteiger partial charge is 0.298 e. The minimum absolute atomic E-state index is 0.752. The lowest BCUT2D eigenvalue weighted by Gasteiger charge is -2.34. The zero-order valence-electron chi connectivity index (χ0n) is 10.6. The highest BCUT2D eigenvalue weighted by molar-refractivity contribution is 5.32. The van der Waals surface area contributed by atoms with Crippen LogP contribution in [0.1, 0.15) is 50.2 Å². The van der Waals surface area contributed by atoms with Crippen molar-refractivity contribution in [3.05, 3.63) is 35.4 Å². The Morgan fingerprint density at radius 2 is 2.06 bits per heavy atom. The predicted molar refractivity (Wildman–Crippen MR) is 69.7 cm³/mol. The third-order valence-corrected chi connectivity index (χ3v) is 3.69. The topological polar surface area (TPSA) is 3.24 Å². The number of fused-ring (bicyclic) bond motifs is 1. The molecule has 0 N–H and O–H groups in total. The molecule has 0 radical (unpaired) electrons. The Morgan fingerprint density at radius 1 is 1.25 bits per heavy atom. The summed E-state index contributed by atoms with van der Waals surface area (Å²) in [5.41, 5.74) is 3.15. The lowest BCUT2D eigenvalue weighted by atomic mass is 9.88. The van der Waals surface area contributed by atoms with Gasteiger partial charge in [-0.2, -0.15) is 0 Å². The highest BCUT2D eigenvalue weighted by Gasteiger charge is 2.22. The summed E-state index contributed by atoms with van der Waals surface area (Å²) in [6.07, 6.45) is 3.90. The van der Waals surface area contributed by atoms with E-state index in [-0.39, 0.29) is 0 Å². The molecule has 1 aromatic rings. The van der Waals surface area contributed by atoms with Crippen molar-refractivity contribution in [3.63, 3.8) is 0 Å². The van der Waals surface area contributed by atoms with Gasteiger partial charge in [0.15, 0.2) is 0 Å². The molecule has 1 atom stereocenters. The van der Waals surface area contributed by atoms with E-state index in [1.807, 2.05) is 0 Å². The van der Waals surface area contributed by atoms with E-state index >= 15 is 0 Å². The third-order valence-electron chi connectivity index (χ3n) is 3.69. The molecular weight excluding hydrogens is 194 g/mol. The summed E-state index contributed by atoms with van der Waals surface area (Å²) in [4.78, 5) is 2.62. The van der Waals surface area contributed by atoms with E-state index in [2.05, 4.69) is 43.0 Å². The Labute approximate surface area is 99.5 Å². The third kappa shape index (κ3) is 2.46. The van der Waals surface area contributed by atoms with Crippen LogP contribution in [0.2, 0.25) is 0 Å². The highest BCUT2D eigenvalue weighted by Crippen LogP contribution is 2.30. The van der Waals surface area contributed by atoms with Crippen molar-refractivity contribution in [1.29, 1.82) is 0 Å². The Morgan fingerprint density at radius 3 is 2.81 bits per heavy atom. The Hall–Kier alpha value is -0.820. The number of hydrogen-bond acceptors (Lipinski definition) is 1. The summed E-state index contributed by atoms with van der Waals surface area (Å²) >= 11 is 0. The summed E-state index contributed by atoms with van der Waals surface area (Å²) < 4.78 is 0. The number of benzene rings is 1. The molecule has 2 rings (SSSR count). The van der Waals surface area contributed by atoms with Crippen LogP contribution in [0.15, 0.2) is 24.3 Å². The van der Waals surface area contributed by atoms with E-state index in [4.69, 9.17) is 0 Å². The fraction of sp³-hybridized carbons (Fsp3) is 0.600. The van der Waals surface area contributed by atoms with E-state index in [9.17, 15) is 0 Å². The Balaban J connectivity index is 2.12. The second-order valence-electron chi connectivity index (χ2n) is 4.89. The van der Waals surface area contributed by atoms with Crippen LogP contribution < -0.4 is 0 Å². The number of nitrogens with zero attached hydrogens (tertiary/aromatic N) is 1. The lowest BCUT2D eigenvalue weighted by molar-refractivity contribution is 0.224. The van der Waals surface area contributed by atoms with Crippen molar-refractivity contribution in [1.82, 2.24) is 4.90 Å². The summed E-state index contributed by atoms with van der Waals surface area (Å²) in [5, 5.41) is 0. The van der Waals surface area contributed by atoms with Gasteiger partial charge in [0.2, 0.25) is 0 Å². The molecule has 1 heteroatoms. The van der Waals surface area contributed by atoms with Crippen LogP contribution >= 0.6 is 0 Å². The van der Waals surface area contributed by atoms with Crippen molar-refractivity contribution in [2.75, 3.05) is 13.1 Å². The average molecular weight is 217 g/mol. The summed E-state index contributed by atoms with van der Waals surface area (Å²) in [5.74, 6) is 0.752. The minimum atomic E-state index is 0.752. The van der Waals surface area contributed by atoms with Gasteiger partial charge in [0, 0.05) is 13.1 Å². The number of unbranched alkanes of at least 4 members (excludes halogenated alkanes) is 1. The van der Waals surface area contributed by atoms with Crippen molar-refractivity contribution in [2.45, 2.75) is 45.6 Å². The van der Waals surface area contributed by atoms with Crippen LogP contribution in [0.5, 0.6) is 0 Å². The molecule has 88 valence electrons. The van der Waals surface area contributed by atoms with Gasteiger partial charge in [-0.3, -0.25) is 4.90 Å². The number of rotatable bonds is 4. The summed E-state index contributed by atoms with van der Waals surface area (Å²) in [7, 11) is 0. The van der Waals surface area contributed by atoms with E-state index in [0.717, 1.165) is 12.5 Å². The van der Waals surface area contributed by atoms with E-state index in [1.165, 1.54) is 32.4 Å². The molecule has 0 fully saturated rings. The molecule has 1 aliphatic heterocycles. The van der Waals surface area contributed by atoms with Crippen LogP contribution in [0, 0.1) is 0 Å². The smallest absolute Gasteiger partial charge is 0.0236 e. The van der Waals surface area contributed by atoms with Crippen molar-refractivity contribution >= 4 is 0 Å². The van der Waals surface area contributed by atoms with Crippen LogP contribution in [0.4, 0.5) is 0 Å². The van der Waals surface area contributed by atoms with E-state index < -0.39 is 0 Å². The average Bonchev–Trinajstić information content (AvgIpc) is 2.35. The summed E-state index contributed by atoms with van der Waals surface area (Å²) in [6, 6.07) is 8.98. The quantitative estimate of drug-likeness (QED) is 0.741. The Bertz CT molecular complexity index is 332. The van der Waals surface area contributed by atoms with Crippen molar-refractivity contribution < 1.29 is 0 Å². The first-order valence-electron chi connectivity index (χ1n) is 6.65. The molecule has 0 saturated heterocycles. The van der Waals surface area contributed by atoms with Gasteiger partial charge in [0.25, 0.3) is 0 Å². The zero-order chi connectivity index (χ0) is 11.4. The minimum Gasteiger partial charge on any atom is -0.298 e. The fourth-order valence-electron chi connectivity index (χ4n) is 2.69. The van der Waals surface area contributed by atoms with Crippen LogP contribution in [-0.2, 0) is 6.54 Å². The van der Waals surface area contributed by atoms with Crippen LogP contribution in [0.25, 0.3) is 0 Å². The zero-order valence-corrected chi connectivity index (χ0v) is 10.6. The Kier molecular flexibility index (Phi) is 4.00. The second kappa shape index (κ2) is 5.49. The van der Waals surface area contributed by atoms with E-state index in [1.54, 1.807) is 11.1 Å². The van der Waals surface area contributed by atoms with Crippen molar-refractivity contribution in [3.8, 4) is 0 Å². The lowest BCUT2D eigenvalue weighted by Crippen LogP contribution is -2.34. The molecule has 0 aromatic heterocycles. The molecule has 1 aliphatic rings. The molecule has 0 saturated carbocycles. The molecule has 0 bridgehead atoms. The maximum Gasteiger partial charge on any atom is 0.0236 e. The second-order valence-corrected chi connectivity index (χ2v) is 4.89. The first-order valence-corrected chi connectivity index (χ1v) is 6.65. The van der Waals surface area contributed by atoms with Crippen LogP contribution in [0.3, 0.4) is 0 Å². The molecule has 0 spiro atoms. The standard InChI is InChI=1S/C15H23N/c1-3-5-10-16-11-13(4-2)15-9-7-6-8-14(15)12-16/h6-9,13H,3-5,10-12H2,1-2H3. The molecule has 1 unspecified atom stereocenters. The first kappa shape index (κ1) is 11.7. The van der Waals surface area contributed by atoms with Gasteiger partial charge in [-0.15, -0.1) is 0 Å². The normalized spacial score (nSPS) is 20.8. The van der Waals surface area contributed by atoms with Crippen LogP contribution in [-0.4, -0.2) is 18.0 Å². The predicted octanol–water partition coefficient (Wildman–Crippen LogP) is 3.80. The molecule has 1 aromatic carbocycles. The van der Waals surface area contributed by atoms with Gasteiger partial charge in [-0.1, -0.05) is 44.5 Å². The first-order chi connectivity index (χ1) is 7.85. The molecule has 0 aliphatic carbocycles. The number of hydrogen-bond donors (Lipinski definition) is 0.